The standard InChI is InChI=1S/C11H10N4O3.C2HF3O2/c16-10(17)3-6-15-5-2-8(7-13-15)9-1-4-12-11(18)14-9;3-2(4,5)1(6)7/h1-2,4-5,7H,3,6H2,(H-,12,14,16,17,18);(H,6,7). The average Bonchev–Trinajstić information content (AvgIpc) is 2.53. The van der Waals surface area contributed by atoms with Crippen molar-refractivity contribution in [2.45, 2.75) is 19.1 Å². The number of nitrogens with zero attached hydrogens (tertiary/aromatic N) is 3. The summed E-state index contributed by atoms with van der Waals surface area (Å²) in [5.41, 5.74) is 0.934. The number of hydrogen-bond donors (Lipinski definition) is 2. The Morgan fingerprint density at radius 2 is 1.96 bits per heavy atom. The Morgan fingerprint density at radius 1 is 1.32 bits per heavy atom. The van der Waals surface area contributed by atoms with Gasteiger partial charge in [-0.05, 0) is 11.2 Å². The molecule has 2 N–H and O–H groups in total. The highest BCUT2D eigenvalue weighted by Crippen LogP contribution is 2.11. The van der Waals surface area contributed by atoms with Gasteiger partial charge in [0.25, 0.3) is 0 Å². The highest BCUT2D eigenvalue weighted by Gasteiger charge is 2.28. The normalized spacial score (nSPS) is 10.5. The smallest absolute Gasteiger partial charge is 0.430 e. The van der Waals surface area contributed by atoms with Crippen LogP contribution in [0.25, 0.3) is 11.3 Å². The van der Waals surface area contributed by atoms with Gasteiger partial charge in [-0.15, -0.1) is 0 Å². The SMILES string of the molecule is O=C(O)CC[n+]1ccc(-c2ccnc(=O)[nH]2)cn1.O=C([O-])C(F)(F)F. The lowest BCUT2D eigenvalue weighted by molar-refractivity contribution is -0.752. The number of H-pyrrole nitrogens is 1. The summed E-state index contributed by atoms with van der Waals surface area (Å²) in [6.07, 6.45) is -0.535. The van der Waals surface area contributed by atoms with Crippen LogP contribution in [0.1, 0.15) is 6.42 Å². The summed E-state index contributed by atoms with van der Waals surface area (Å²) < 4.78 is 33.1. The third-order valence-corrected chi connectivity index (χ3v) is 2.54. The molecule has 2 heterocycles. The number of aliphatic carboxylic acids is 2. The molecule has 0 spiro atoms. The number of hydrogen-bond acceptors (Lipinski definition) is 6. The summed E-state index contributed by atoms with van der Waals surface area (Å²) >= 11 is 0. The zero-order valence-corrected chi connectivity index (χ0v) is 12.4. The third kappa shape index (κ3) is 7.20. The van der Waals surface area contributed by atoms with Gasteiger partial charge in [0.1, 0.15) is 18.6 Å². The van der Waals surface area contributed by atoms with Crippen LogP contribution in [-0.2, 0) is 16.1 Å². The van der Waals surface area contributed by atoms with Gasteiger partial charge < -0.3 is 20.0 Å². The quantitative estimate of drug-likeness (QED) is 0.659. The molecular weight excluding hydrogens is 349 g/mol. The molecule has 0 amide bonds. The fourth-order valence-electron chi connectivity index (χ4n) is 1.42. The number of carbonyl (C=O) groups excluding carboxylic acids is 1. The minimum Gasteiger partial charge on any atom is -0.542 e. The van der Waals surface area contributed by atoms with Crippen LogP contribution >= 0.6 is 0 Å². The molecule has 0 saturated carbocycles. The van der Waals surface area contributed by atoms with Crippen LogP contribution in [0.3, 0.4) is 0 Å². The van der Waals surface area contributed by atoms with Gasteiger partial charge in [0.15, 0.2) is 12.7 Å². The summed E-state index contributed by atoms with van der Waals surface area (Å²) in [4.78, 5) is 36.4. The fraction of sp³-hybridized carbons (Fsp3) is 0.231. The van der Waals surface area contributed by atoms with E-state index in [1.807, 2.05) is 0 Å². The summed E-state index contributed by atoms with van der Waals surface area (Å²) in [7, 11) is 0. The van der Waals surface area contributed by atoms with Crippen molar-refractivity contribution in [1.29, 1.82) is 0 Å². The Labute approximate surface area is 137 Å². The first-order valence-electron chi connectivity index (χ1n) is 6.51. The number of aryl methyl sites for hydroxylation is 1. The molecule has 12 heteroatoms. The van der Waals surface area contributed by atoms with E-state index in [4.69, 9.17) is 15.0 Å². The van der Waals surface area contributed by atoms with Crippen LogP contribution < -0.4 is 15.5 Å². The zero-order valence-electron chi connectivity index (χ0n) is 12.4. The van der Waals surface area contributed by atoms with Crippen molar-refractivity contribution in [3.05, 3.63) is 41.2 Å². The molecule has 0 saturated heterocycles. The second kappa shape index (κ2) is 8.52. The van der Waals surface area contributed by atoms with Gasteiger partial charge in [0.05, 0.1) is 5.69 Å². The van der Waals surface area contributed by atoms with Crippen LogP contribution in [-0.4, -0.2) is 38.3 Å². The first kappa shape index (κ1) is 19.7. The lowest BCUT2D eigenvalue weighted by Gasteiger charge is -2.03. The van der Waals surface area contributed by atoms with Crippen LogP contribution in [0, 0.1) is 0 Å². The third-order valence-electron chi connectivity index (χ3n) is 2.54. The predicted octanol–water partition coefficient (Wildman–Crippen LogP) is -1.11. The van der Waals surface area contributed by atoms with Crippen LogP contribution in [0.2, 0.25) is 0 Å². The molecule has 0 atom stereocenters. The van der Waals surface area contributed by atoms with Gasteiger partial charge >= 0.3 is 17.8 Å². The molecule has 0 aliphatic heterocycles. The van der Waals surface area contributed by atoms with E-state index in [0.717, 1.165) is 5.56 Å². The maximum Gasteiger partial charge on any atom is 0.430 e. The van der Waals surface area contributed by atoms with E-state index in [0.29, 0.717) is 12.2 Å². The average molecular weight is 360 g/mol. The van der Waals surface area contributed by atoms with Gasteiger partial charge in [-0.2, -0.15) is 13.2 Å². The maximum absolute atomic E-state index is 11.1. The summed E-state index contributed by atoms with van der Waals surface area (Å²) in [6.45, 7) is 0.308. The first-order chi connectivity index (χ1) is 11.6. The van der Waals surface area contributed by atoms with Gasteiger partial charge in [-0.1, -0.05) is 4.68 Å². The Balaban J connectivity index is 0.000000381. The molecule has 0 radical (unpaired) electrons. The van der Waals surface area contributed by atoms with Gasteiger partial charge in [-0.3, -0.25) is 4.79 Å². The summed E-state index contributed by atoms with van der Waals surface area (Å²) in [5.74, 6) is -3.88. The molecule has 0 fully saturated rings. The molecule has 25 heavy (non-hydrogen) atoms. The molecule has 2 rings (SSSR count). The van der Waals surface area contributed by atoms with E-state index in [1.54, 1.807) is 24.5 Å². The second-order valence-electron chi connectivity index (χ2n) is 4.40. The minimum absolute atomic E-state index is 0.0170. The molecule has 0 aliphatic rings. The number of carboxylic acid groups (broad SMARTS) is 2. The summed E-state index contributed by atoms with van der Waals surface area (Å²) in [5, 5.41) is 21.4. The number of carbonyl (C=O) groups is 2. The molecule has 2 aromatic rings. The van der Waals surface area contributed by atoms with E-state index in [1.165, 1.54) is 10.9 Å². The number of halogens is 3. The molecule has 0 aromatic carbocycles. The molecule has 9 nitrogen and oxygen atoms in total. The predicted molar refractivity (Wildman–Crippen MR) is 71.6 cm³/mol. The van der Waals surface area contributed by atoms with E-state index < -0.39 is 23.8 Å². The molecular formula is C13H11F3N4O5. The van der Waals surface area contributed by atoms with E-state index in [-0.39, 0.29) is 6.42 Å². The number of carboxylic acids is 2. The van der Waals surface area contributed by atoms with E-state index in [2.05, 4.69) is 15.1 Å². The van der Waals surface area contributed by atoms with Crippen molar-refractivity contribution in [3.63, 3.8) is 0 Å². The molecule has 2 aromatic heterocycles. The molecule has 0 bridgehead atoms. The Kier molecular flexibility index (Phi) is 6.72. The van der Waals surface area contributed by atoms with Crippen LogP contribution in [0.5, 0.6) is 0 Å². The number of aromatic amines is 1. The van der Waals surface area contributed by atoms with Crippen molar-refractivity contribution in [1.82, 2.24) is 15.1 Å². The lowest BCUT2D eigenvalue weighted by atomic mass is 10.2. The van der Waals surface area contributed by atoms with Gasteiger partial charge in [0.2, 0.25) is 0 Å². The Hall–Kier alpha value is -3.31. The highest BCUT2D eigenvalue weighted by molar-refractivity contribution is 5.70. The number of nitrogens with one attached hydrogen (secondary N) is 1. The zero-order chi connectivity index (χ0) is 19.0. The Bertz CT molecular complexity index is 789. The van der Waals surface area contributed by atoms with Crippen LogP contribution in [0.4, 0.5) is 13.2 Å². The van der Waals surface area contributed by atoms with Crippen molar-refractivity contribution in [3.8, 4) is 11.3 Å². The minimum atomic E-state index is -5.19. The van der Waals surface area contributed by atoms with Crippen molar-refractivity contribution in [2.24, 2.45) is 0 Å². The largest absolute Gasteiger partial charge is 0.542 e. The van der Waals surface area contributed by atoms with Crippen molar-refractivity contribution >= 4 is 11.9 Å². The van der Waals surface area contributed by atoms with Crippen molar-refractivity contribution in [2.75, 3.05) is 0 Å². The molecule has 0 unspecified atom stereocenters. The first-order valence-corrected chi connectivity index (χ1v) is 6.51. The van der Waals surface area contributed by atoms with Crippen molar-refractivity contribution < 1.29 is 37.7 Å². The highest BCUT2D eigenvalue weighted by atomic mass is 19.4. The van der Waals surface area contributed by atoms with E-state index in [9.17, 15) is 22.8 Å². The van der Waals surface area contributed by atoms with Gasteiger partial charge in [-0.25, -0.2) is 9.78 Å². The lowest BCUT2D eigenvalue weighted by Crippen LogP contribution is -2.38. The second-order valence-corrected chi connectivity index (χ2v) is 4.40. The fourth-order valence-corrected chi connectivity index (χ4v) is 1.42. The van der Waals surface area contributed by atoms with Gasteiger partial charge in [0, 0.05) is 17.8 Å². The topological polar surface area (TPSA) is 140 Å². The molecule has 0 aliphatic carbocycles. The van der Waals surface area contributed by atoms with E-state index >= 15 is 0 Å². The number of rotatable bonds is 4. The van der Waals surface area contributed by atoms with Crippen LogP contribution in [0.15, 0.2) is 35.5 Å². The molecule has 134 valence electrons. The number of alkyl halides is 3. The monoisotopic (exact) mass is 360 g/mol. The summed E-state index contributed by atoms with van der Waals surface area (Å²) in [6, 6.07) is 3.42. The Morgan fingerprint density at radius 3 is 2.40 bits per heavy atom. The number of aromatic nitrogens is 4. The maximum atomic E-state index is 11.1.